The Balaban J connectivity index is 1.13. The van der Waals surface area contributed by atoms with E-state index in [1.165, 1.54) is 11.1 Å². The fraction of sp³-hybridized carbons (Fsp3) is 0.387. The summed E-state index contributed by atoms with van der Waals surface area (Å²) in [4.78, 5) is 36.5. The molecule has 6 rings (SSSR count). The first-order valence-corrected chi connectivity index (χ1v) is 14.4. The van der Waals surface area contributed by atoms with E-state index in [1.807, 2.05) is 52.4 Å². The first-order valence-electron chi connectivity index (χ1n) is 14.0. The third-order valence-electron chi connectivity index (χ3n) is 8.10. The first-order chi connectivity index (χ1) is 19.5. The van der Waals surface area contributed by atoms with E-state index in [1.54, 1.807) is 0 Å². The molecule has 2 aromatic carbocycles. The summed E-state index contributed by atoms with van der Waals surface area (Å²) < 4.78 is 5.54. The number of hydrogen-bond acceptors (Lipinski definition) is 6. The summed E-state index contributed by atoms with van der Waals surface area (Å²) >= 11 is 6.28. The highest BCUT2D eigenvalue weighted by atomic mass is 35.5. The molecule has 2 saturated heterocycles. The molecule has 2 fully saturated rings. The average Bonchev–Trinajstić information content (AvgIpc) is 3.54. The van der Waals surface area contributed by atoms with Gasteiger partial charge >= 0.3 is 0 Å². The molecule has 1 unspecified atom stereocenters. The molecule has 3 aliphatic rings. The monoisotopic (exact) mass is 559 g/mol. The summed E-state index contributed by atoms with van der Waals surface area (Å²) in [5.74, 6) is 0.925. The van der Waals surface area contributed by atoms with Gasteiger partial charge < -0.3 is 24.8 Å². The van der Waals surface area contributed by atoms with Gasteiger partial charge in [-0.1, -0.05) is 29.8 Å². The van der Waals surface area contributed by atoms with Crippen LogP contribution in [0.5, 0.6) is 0 Å². The smallest absolute Gasteiger partial charge is 0.253 e. The number of piperazine rings is 1. The van der Waals surface area contributed by atoms with Gasteiger partial charge in [0.2, 0.25) is 0 Å². The van der Waals surface area contributed by atoms with Crippen LogP contribution in [0.2, 0.25) is 5.02 Å². The van der Waals surface area contributed by atoms with Gasteiger partial charge in [0, 0.05) is 74.8 Å². The summed E-state index contributed by atoms with van der Waals surface area (Å²) in [6.45, 7) is 7.36. The number of amides is 2. The fourth-order valence-electron chi connectivity index (χ4n) is 5.69. The molecule has 0 spiro atoms. The van der Waals surface area contributed by atoms with E-state index in [0.29, 0.717) is 38.3 Å². The Labute approximate surface area is 239 Å². The van der Waals surface area contributed by atoms with Gasteiger partial charge in [-0.15, -0.1) is 0 Å². The van der Waals surface area contributed by atoms with Gasteiger partial charge in [0.15, 0.2) is 0 Å². The van der Waals surface area contributed by atoms with Crippen LogP contribution in [0.4, 0.5) is 11.5 Å². The van der Waals surface area contributed by atoms with Gasteiger partial charge in [-0.2, -0.15) is 0 Å². The van der Waals surface area contributed by atoms with Crippen LogP contribution in [0.1, 0.15) is 34.3 Å². The van der Waals surface area contributed by atoms with E-state index in [0.717, 1.165) is 60.1 Å². The van der Waals surface area contributed by atoms with Crippen LogP contribution >= 0.6 is 11.6 Å². The highest BCUT2D eigenvalue weighted by Crippen LogP contribution is 2.33. The summed E-state index contributed by atoms with van der Waals surface area (Å²) in [7, 11) is 0. The van der Waals surface area contributed by atoms with Crippen molar-refractivity contribution in [3.8, 4) is 11.1 Å². The number of aromatic nitrogens is 1. The predicted octanol–water partition coefficient (Wildman–Crippen LogP) is 4.61. The van der Waals surface area contributed by atoms with E-state index in [-0.39, 0.29) is 17.9 Å². The van der Waals surface area contributed by atoms with Crippen molar-refractivity contribution < 1.29 is 14.3 Å². The fourth-order valence-corrected chi connectivity index (χ4v) is 5.89. The molecule has 4 heterocycles. The molecule has 3 aromatic rings. The Morgan fingerprint density at radius 1 is 1.00 bits per heavy atom. The lowest BCUT2D eigenvalue weighted by molar-refractivity contribution is -0.142. The maximum Gasteiger partial charge on any atom is 0.253 e. The molecule has 2 amide bonds. The van der Waals surface area contributed by atoms with Crippen LogP contribution in [0.3, 0.4) is 0 Å². The number of anilines is 2. The van der Waals surface area contributed by atoms with Crippen molar-refractivity contribution in [1.82, 2.24) is 14.8 Å². The molecule has 0 saturated carbocycles. The van der Waals surface area contributed by atoms with Crippen LogP contribution in [0.25, 0.3) is 11.1 Å². The Morgan fingerprint density at radius 2 is 1.77 bits per heavy atom. The van der Waals surface area contributed by atoms with Crippen LogP contribution in [-0.2, 0) is 16.1 Å². The van der Waals surface area contributed by atoms with Gasteiger partial charge in [-0.3, -0.25) is 9.59 Å². The Bertz CT molecular complexity index is 1400. The van der Waals surface area contributed by atoms with Crippen LogP contribution in [-0.4, -0.2) is 78.6 Å². The number of halogens is 1. The molecule has 208 valence electrons. The quantitative estimate of drug-likeness (QED) is 0.492. The van der Waals surface area contributed by atoms with Crippen molar-refractivity contribution >= 4 is 34.9 Å². The zero-order chi connectivity index (χ0) is 27.6. The van der Waals surface area contributed by atoms with Crippen molar-refractivity contribution in [2.24, 2.45) is 0 Å². The summed E-state index contributed by atoms with van der Waals surface area (Å²) in [6, 6.07) is 15.9. The van der Waals surface area contributed by atoms with E-state index in [2.05, 4.69) is 29.3 Å². The second-order valence-corrected chi connectivity index (χ2v) is 11.1. The number of hydrogen-bond donors (Lipinski definition) is 1. The zero-order valence-corrected chi connectivity index (χ0v) is 23.5. The lowest BCUT2D eigenvalue weighted by atomic mass is 10.0. The lowest BCUT2D eigenvalue weighted by Crippen LogP contribution is -2.52. The molecular formula is C31H34ClN5O3. The first kappa shape index (κ1) is 26.6. The Kier molecular flexibility index (Phi) is 7.63. The van der Waals surface area contributed by atoms with E-state index in [9.17, 15) is 9.59 Å². The minimum Gasteiger partial charge on any atom is -0.368 e. The van der Waals surface area contributed by atoms with Gasteiger partial charge in [-0.05, 0) is 66.8 Å². The normalized spacial score (nSPS) is 18.9. The third kappa shape index (κ3) is 5.51. The van der Waals surface area contributed by atoms with Gasteiger partial charge in [0.25, 0.3) is 11.8 Å². The molecule has 1 aromatic heterocycles. The second-order valence-electron chi connectivity index (χ2n) is 10.7. The van der Waals surface area contributed by atoms with Crippen molar-refractivity contribution in [2.75, 3.05) is 56.1 Å². The van der Waals surface area contributed by atoms with Crippen molar-refractivity contribution in [2.45, 2.75) is 32.4 Å². The molecule has 0 aliphatic carbocycles. The van der Waals surface area contributed by atoms with E-state index >= 15 is 0 Å². The van der Waals surface area contributed by atoms with Gasteiger partial charge in [0.1, 0.15) is 11.9 Å². The minimum atomic E-state index is -0.309. The van der Waals surface area contributed by atoms with Gasteiger partial charge in [-0.25, -0.2) is 4.98 Å². The summed E-state index contributed by atoms with van der Waals surface area (Å²) in [5, 5.41) is 4.15. The molecule has 1 atom stereocenters. The number of benzene rings is 2. The molecular weight excluding hydrogens is 526 g/mol. The number of nitrogens with one attached hydrogen (secondary N) is 1. The molecule has 8 nitrogen and oxygen atoms in total. The number of nitrogens with zero attached hydrogens (tertiary/aromatic N) is 4. The molecule has 1 N–H and O–H groups in total. The number of carbonyl (C=O) groups is 2. The van der Waals surface area contributed by atoms with E-state index in [4.69, 9.17) is 21.3 Å². The maximum absolute atomic E-state index is 13.2. The molecule has 0 radical (unpaired) electrons. The van der Waals surface area contributed by atoms with Gasteiger partial charge in [0.05, 0.1) is 5.69 Å². The molecule has 3 aliphatic heterocycles. The number of pyridine rings is 1. The van der Waals surface area contributed by atoms with E-state index < -0.39 is 0 Å². The number of carbonyl (C=O) groups excluding carboxylic acids is 2. The average molecular weight is 560 g/mol. The largest absolute Gasteiger partial charge is 0.368 e. The molecule has 9 heteroatoms. The van der Waals surface area contributed by atoms with Crippen molar-refractivity contribution in [3.05, 3.63) is 76.4 Å². The van der Waals surface area contributed by atoms with Crippen LogP contribution in [0.15, 0.2) is 54.7 Å². The SMILES string of the molecule is Cc1ccc(Cl)cc1CN1CCNc2ncc(-c3ccc(C(=O)N4CCN(C(=O)C5CCCO5)CC4)cc3)cc21. The molecule has 0 bridgehead atoms. The van der Waals surface area contributed by atoms with Crippen molar-refractivity contribution in [1.29, 1.82) is 0 Å². The van der Waals surface area contributed by atoms with Crippen LogP contribution < -0.4 is 10.2 Å². The Hall–Kier alpha value is -3.62. The lowest BCUT2D eigenvalue weighted by Gasteiger charge is -2.35. The highest BCUT2D eigenvalue weighted by molar-refractivity contribution is 6.30. The zero-order valence-electron chi connectivity index (χ0n) is 22.7. The van der Waals surface area contributed by atoms with Crippen molar-refractivity contribution in [3.63, 3.8) is 0 Å². The second kappa shape index (κ2) is 11.5. The number of aryl methyl sites for hydroxylation is 1. The number of ether oxygens (including phenoxy) is 1. The number of fused-ring (bicyclic) bond motifs is 1. The third-order valence-corrected chi connectivity index (χ3v) is 8.34. The predicted molar refractivity (Wildman–Crippen MR) is 157 cm³/mol. The molecule has 40 heavy (non-hydrogen) atoms. The topological polar surface area (TPSA) is 78.0 Å². The van der Waals surface area contributed by atoms with Crippen LogP contribution in [0, 0.1) is 6.92 Å². The minimum absolute atomic E-state index is 0.00778. The summed E-state index contributed by atoms with van der Waals surface area (Å²) in [6.07, 6.45) is 3.29. The standard InChI is InChI=1S/C31H34ClN5O3/c1-21-4-9-26(32)17-25(21)20-37-11-10-33-29-27(37)18-24(19-34-29)22-5-7-23(8-6-22)30(38)35-12-14-36(15-13-35)31(39)28-3-2-16-40-28/h4-9,17-19,28H,2-3,10-16,20H2,1H3,(H,33,34). The number of rotatable bonds is 5. The highest BCUT2D eigenvalue weighted by Gasteiger charge is 2.31. The Morgan fingerprint density at radius 3 is 2.52 bits per heavy atom. The summed E-state index contributed by atoms with van der Waals surface area (Å²) in [5.41, 5.74) is 6.11. The maximum atomic E-state index is 13.2.